The topological polar surface area (TPSA) is 60.8 Å². The van der Waals surface area contributed by atoms with Gasteiger partial charge in [0.25, 0.3) is 0 Å². The van der Waals surface area contributed by atoms with Gasteiger partial charge in [0.1, 0.15) is 0 Å². The summed E-state index contributed by atoms with van der Waals surface area (Å²) in [6.45, 7) is 3.08. The number of unbranched alkanes of at least 4 members (excludes halogenated alkanes) is 2. The Labute approximate surface area is 90.9 Å². The van der Waals surface area contributed by atoms with Gasteiger partial charge in [0, 0.05) is 13.1 Å². The molecular weight excluding hydrogens is 194 g/mol. The van der Waals surface area contributed by atoms with Gasteiger partial charge in [0.15, 0.2) is 0 Å². The molecule has 15 heavy (non-hydrogen) atoms. The average molecular weight is 215 g/mol. The Bertz CT molecular complexity index is 210. The Morgan fingerprint density at radius 2 is 1.93 bits per heavy atom. The fourth-order valence-electron chi connectivity index (χ4n) is 2.07. The van der Waals surface area contributed by atoms with E-state index in [1.165, 1.54) is 4.90 Å². The van der Waals surface area contributed by atoms with Crippen LogP contribution in [0.2, 0.25) is 0 Å². The minimum absolute atomic E-state index is 0.470. The summed E-state index contributed by atoms with van der Waals surface area (Å²) in [5, 5.41) is 18.9. The van der Waals surface area contributed by atoms with E-state index < -0.39 is 11.7 Å². The van der Waals surface area contributed by atoms with Crippen molar-refractivity contribution in [2.75, 3.05) is 13.1 Å². The number of carbonyl (C=O) groups is 1. The van der Waals surface area contributed by atoms with E-state index in [1.807, 2.05) is 0 Å². The minimum Gasteiger partial charge on any atom is -0.465 e. The van der Waals surface area contributed by atoms with Crippen molar-refractivity contribution < 1.29 is 15.0 Å². The van der Waals surface area contributed by atoms with Crippen molar-refractivity contribution in [3.05, 3.63) is 0 Å². The van der Waals surface area contributed by atoms with Gasteiger partial charge in [-0.25, -0.2) is 4.79 Å². The van der Waals surface area contributed by atoms with Gasteiger partial charge in [-0.2, -0.15) is 0 Å². The lowest BCUT2D eigenvalue weighted by molar-refractivity contribution is -0.0248. The van der Waals surface area contributed by atoms with E-state index in [9.17, 15) is 9.90 Å². The summed E-state index contributed by atoms with van der Waals surface area (Å²) in [6, 6.07) is 0. The maximum absolute atomic E-state index is 10.7. The van der Waals surface area contributed by atoms with Crippen LogP contribution < -0.4 is 0 Å². The van der Waals surface area contributed by atoms with Gasteiger partial charge in [0.2, 0.25) is 0 Å². The maximum atomic E-state index is 10.7. The normalized spacial score (nSPS) is 20.3. The van der Waals surface area contributed by atoms with Crippen LogP contribution in [0.15, 0.2) is 0 Å². The van der Waals surface area contributed by atoms with Gasteiger partial charge in [-0.15, -0.1) is 0 Å². The highest BCUT2D eigenvalue weighted by Crippen LogP contribution is 2.27. The van der Waals surface area contributed by atoms with Gasteiger partial charge >= 0.3 is 6.09 Å². The van der Waals surface area contributed by atoms with E-state index in [0.29, 0.717) is 25.9 Å². The molecule has 0 aromatic heterocycles. The third kappa shape index (κ3) is 3.70. The molecule has 0 spiro atoms. The first-order chi connectivity index (χ1) is 7.07. The standard InChI is InChI=1S/C11H21NO3/c1-2-3-4-5-11(15)6-8-12(9-7-11)10(13)14/h15H,2-9H2,1H3,(H,13,14). The molecule has 0 aromatic carbocycles. The molecule has 1 saturated heterocycles. The molecular formula is C11H21NO3. The van der Waals surface area contributed by atoms with Crippen LogP contribution in [-0.2, 0) is 0 Å². The quantitative estimate of drug-likeness (QED) is 0.706. The van der Waals surface area contributed by atoms with Gasteiger partial charge in [0.05, 0.1) is 5.60 Å². The molecule has 1 fully saturated rings. The predicted molar refractivity (Wildman–Crippen MR) is 57.9 cm³/mol. The Morgan fingerprint density at radius 1 is 1.33 bits per heavy atom. The van der Waals surface area contributed by atoms with Crippen molar-refractivity contribution in [3.63, 3.8) is 0 Å². The fraction of sp³-hybridized carbons (Fsp3) is 0.909. The summed E-state index contributed by atoms with van der Waals surface area (Å²) in [6.07, 6.45) is 4.45. The third-order valence-corrected chi connectivity index (χ3v) is 3.21. The molecule has 4 heteroatoms. The van der Waals surface area contributed by atoms with Crippen molar-refractivity contribution in [2.45, 2.75) is 51.0 Å². The van der Waals surface area contributed by atoms with Crippen LogP contribution >= 0.6 is 0 Å². The van der Waals surface area contributed by atoms with Crippen LogP contribution in [0, 0.1) is 0 Å². The highest BCUT2D eigenvalue weighted by Gasteiger charge is 2.32. The summed E-state index contributed by atoms with van der Waals surface area (Å²) >= 11 is 0. The highest BCUT2D eigenvalue weighted by atomic mass is 16.4. The Balaban J connectivity index is 2.30. The van der Waals surface area contributed by atoms with E-state index in [2.05, 4.69) is 6.92 Å². The zero-order valence-electron chi connectivity index (χ0n) is 9.41. The number of nitrogens with zero attached hydrogens (tertiary/aromatic N) is 1. The molecule has 4 nitrogen and oxygen atoms in total. The van der Waals surface area contributed by atoms with Crippen molar-refractivity contribution in [3.8, 4) is 0 Å². The number of piperidine rings is 1. The number of aliphatic hydroxyl groups is 1. The molecule has 1 rings (SSSR count). The average Bonchev–Trinajstić information content (AvgIpc) is 2.18. The SMILES string of the molecule is CCCCCC1(O)CCN(C(=O)O)CC1. The van der Waals surface area contributed by atoms with Crippen molar-refractivity contribution in [2.24, 2.45) is 0 Å². The molecule has 0 saturated carbocycles. The molecule has 1 aliphatic heterocycles. The summed E-state index contributed by atoms with van der Waals surface area (Å²) in [5.41, 5.74) is -0.610. The lowest BCUT2D eigenvalue weighted by Gasteiger charge is -2.37. The molecule has 1 heterocycles. The minimum atomic E-state index is -0.870. The van der Waals surface area contributed by atoms with Gasteiger partial charge in [-0.05, 0) is 19.3 Å². The molecule has 2 N–H and O–H groups in total. The molecule has 0 aliphatic carbocycles. The molecule has 0 unspecified atom stereocenters. The van der Waals surface area contributed by atoms with Crippen LogP contribution in [0.25, 0.3) is 0 Å². The van der Waals surface area contributed by atoms with E-state index >= 15 is 0 Å². The van der Waals surface area contributed by atoms with Crippen LogP contribution in [0.4, 0.5) is 4.79 Å². The highest BCUT2D eigenvalue weighted by molar-refractivity contribution is 5.65. The number of hydrogen-bond acceptors (Lipinski definition) is 2. The first-order valence-electron chi connectivity index (χ1n) is 5.78. The van der Waals surface area contributed by atoms with Crippen molar-refractivity contribution in [1.29, 1.82) is 0 Å². The van der Waals surface area contributed by atoms with Crippen molar-refractivity contribution in [1.82, 2.24) is 4.90 Å². The second-order valence-corrected chi connectivity index (χ2v) is 4.45. The third-order valence-electron chi connectivity index (χ3n) is 3.21. The Morgan fingerprint density at radius 3 is 2.40 bits per heavy atom. The lowest BCUT2D eigenvalue weighted by atomic mass is 9.86. The first-order valence-corrected chi connectivity index (χ1v) is 5.78. The number of hydrogen-bond donors (Lipinski definition) is 2. The van der Waals surface area contributed by atoms with E-state index in [0.717, 1.165) is 25.7 Å². The smallest absolute Gasteiger partial charge is 0.407 e. The number of carboxylic acid groups (broad SMARTS) is 1. The lowest BCUT2D eigenvalue weighted by Crippen LogP contribution is -2.46. The largest absolute Gasteiger partial charge is 0.465 e. The maximum Gasteiger partial charge on any atom is 0.407 e. The Hall–Kier alpha value is -0.770. The van der Waals surface area contributed by atoms with E-state index in [-0.39, 0.29) is 0 Å². The molecule has 88 valence electrons. The predicted octanol–water partition coefficient (Wildman–Crippen LogP) is 2.07. The number of rotatable bonds is 4. The summed E-state index contributed by atoms with van der Waals surface area (Å²) in [5.74, 6) is 0. The van der Waals surface area contributed by atoms with Crippen molar-refractivity contribution >= 4 is 6.09 Å². The zero-order chi connectivity index (χ0) is 11.3. The molecule has 1 amide bonds. The molecule has 0 atom stereocenters. The summed E-state index contributed by atoms with van der Waals surface area (Å²) in [4.78, 5) is 12.1. The molecule has 0 aromatic rings. The summed E-state index contributed by atoms with van der Waals surface area (Å²) in [7, 11) is 0. The zero-order valence-corrected chi connectivity index (χ0v) is 9.41. The first kappa shape index (κ1) is 12.3. The summed E-state index contributed by atoms with van der Waals surface area (Å²) < 4.78 is 0. The number of likely N-dealkylation sites (tertiary alicyclic amines) is 1. The van der Waals surface area contributed by atoms with Crippen LogP contribution in [0.1, 0.15) is 45.4 Å². The van der Waals surface area contributed by atoms with Gasteiger partial charge < -0.3 is 15.1 Å². The molecule has 0 bridgehead atoms. The fourth-order valence-corrected chi connectivity index (χ4v) is 2.07. The Kier molecular flexibility index (Phi) is 4.39. The van der Waals surface area contributed by atoms with E-state index in [1.54, 1.807) is 0 Å². The van der Waals surface area contributed by atoms with Crippen LogP contribution in [0.5, 0.6) is 0 Å². The monoisotopic (exact) mass is 215 g/mol. The van der Waals surface area contributed by atoms with Crippen LogP contribution in [0.3, 0.4) is 0 Å². The molecule has 1 aliphatic rings. The number of amides is 1. The van der Waals surface area contributed by atoms with Gasteiger partial charge in [-0.1, -0.05) is 26.2 Å². The second kappa shape index (κ2) is 5.35. The van der Waals surface area contributed by atoms with E-state index in [4.69, 9.17) is 5.11 Å². The second-order valence-electron chi connectivity index (χ2n) is 4.45. The molecule has 0 radical (unpaired) electrons. The van der Waals surface area contributed by atoms with Gasteiger partial charge in [-0.3, -0.25) is 0 Å². The van der Waals surface area contributed by atoms with Crippen LogP contribution in [-0.4, -0.2) is 39.9 Å².